The molecule has 0 bridgehead atoms. The molecule has 1 heterocycles. The van der Waals surface area contributed by atoms with Crippen molar-refractivity contribution in [3.05, 3.63) is 35.4 Å². The van der Waals surface area contributed by atoms with Gasteiger partial charge in [0.1, 0.15) is 0 Å². The van der Waals surface area contributed by atoms with E-state index in [0.29, 0.717) is 18.0 Å². The molecule has 0 aromatic heterocycles. The van der Waals surface area contributed by atoms with E-state index in [1.54, 1.807) is 0 Å². The maximum Gasteiger partial charge on any atom is 0.223 e. The van der Waals surface area contributed by atoms with Crippen molar-refractivity contribution in [3.63, 3.8) is 0 Å². The van der Waals surface area contributed by atoms with Crippen molar-refractivity contribution >= 4 is 5.91 Å². The number of piperidine rings is 1. The summed E-state index contributed by atoms with van der Waals surface area (Å²) in [4.78, 5) is 15.2. The topological polar surface area (TPSA) is 44.4 Å². The normalized spacial score (nSPS) is 24.9. The van der Waals surface area contributed by atoms with Crippen molar-refractivity contribution < 1.29 is 4.79 Å². The second kappa shape index (κ2) is 8.32. The Morgan fingerprint density at radius 1 is 1.15 bits per heavy atom. The summed E-state index contributed by atoms with van der Waals surface area (Å²) in [5.41, 5.74) is 2.95. The van der Waals surface area contributed by atoms with Gasteiger partial charge >= 0.3 is 0 Å². The van der Waals surface area contributed by atoms with Crippen LogP contribution in [0.3, 0.4) is 0 Å². The van der Waals surface area contributed by atoms with Crippen LogP contribution >= 0.6 is 0 Å². The zero-order valence-corrected chi connectivity index (χ0v) is 16.8. The first kappa shape index (κ1) is 18.9. The Hall–Kier alpha value is -1.39. The molecule has 1 spiro atoms. The number of benzene rings is 1. The van der Waals surface area contributed by atoms with Crippen molar-refractivity contribution in [2.45, 2.75) is 70.5 Å². The van der Waals surface area contributed by atoms with E-state index in [-0.39, 0.29) is 11.8 Å². The number of nitrogens with zero attached hydrogens (tertiary/aromatic N) is 1. The number of rotatable bonds is 6. The van der Waals surface area contributed by atoms with Crippen molar-refractivity contribution in [1.29, 1.82) is 0 Å². The SMILES string of the molecule is CN(Cc1ccccc1CNC(=O)C1CC12CCNCC2)C1CCCCC1. The van der Waals surface area contributed by atoms with Gasteiger partial charge in [-0.3, -0.25) is 9.69 Å². The number of nitrogens with one attached hydrogen (secondary N) is 2. The fourth-order valence-electron chi connectivity index (χ4n) is 5.30. The molecular weight excluding hydrogens is 334 g/mol. The van der Waals surface area contributed by atoms with E-state index in [9.17, 15) is 4.79 Å². The summed E-state index contributed by atoms with van der Waals surface area (Å²) >= 11 is 0. The largest absolute Gasteiger partial charge is 0.352 e. The molecule has 0 radical (unpaired) electrons. The van der Waals surface area contributed by atoms with Gasteiger partial charge in [0.05, 0.1) is 0 Å². The van der Waals surface area contributed by atoms with Crippen molar-refractivity contribution in [3.8, 4) is 0 Å². The van der Waals surface area contributed by atoms with Crippen LogP contribution in [0.2, 0.25) is 0 Å². The first-order valence-electron chi connectivity index (χ1n) is 10.9. The average molecular weight is 370 g/mol. The summed E-state index contributed by atoms with van der Waals surface area (Å²) in [5.74, 6) is 0.518. The van der Waals surface area contributed by atoms with Crippen LogP contribution in [0, 0.1) is 11.3 Å². The summed E-state index contributed by atoms with van der Waals surface area (Å²) in [7, 11) is 2.26. The molecule has 1 atom stereocenters. The lowest BCUT2D eigenvalue weighted by atomic mass is 9.91. The first-order valence-corrected chi connectivity index (χ1v) is 10.9. The predicted molar refractivity (Wildman–Crippen MR) is 109 cm³/mol. The van der Waals surface area contributed by atoms with Crippen LogP contribution < -0.4 is 10.6 Å². The van der Waals surface area contributed by atoms with Crippen molar-refractivity contribution in [2.24, 2.45) is 11.3 Å². The Labute approximate surface area is 164 Å². The summed E-state index contributed by atoms with van der Waals surface area (Å²) in [6.07, 6.45) is 10.2. The molecule has 2 aliphatic carbocycles. The second-order valence-corrected chi connectivity index (χ2v) is 9.06. The van der Waals surface area contributed by atoms with Crippen LogP contribution in [-0.4, -0.2) is 37.0 Å². The molecule has 3 fully saturated rings. The van der Waals surface area contributed by atoms with Crippen molar-refractivity contribution in [1.82, 2.24) is 15.5 Å². The Balaban J connectivity index is 1.32. The molecule has 1 aliphatic heterocycles. The highest BCUT2D eigenvalue weighted by atomic mass is 16.2. The number of hydrogen-bond acceptors (Lipinski definition) is 3. The zero-order chi connectivity index (χ0) is 18.7. The molecule has 4 rings (SSSR count). The Kier molecular flexibility index (Phi) is 5.84. The van der Waals surface area contributed by atoms with Gasteiger partial charge in [-0.25, -0.2) is 0 Å². The minimum Gasteiger partial charge on any atom is -0.352 e. The van der Waals surface area contributed by atoms with Crippen LogP contribution in [0.25, 0.3) is 0 Å². The van der Waals surface area contributed by atoms with E-state index in [1.165, 1.54) is 43.2 Å². The molecule has 1 aromatic rings. The quantitative estimate of drug-likeness (QED) is 0.807. The minimum atomic E-state index is 0.247. The van der Waals surface area contributed by atoms with Gasteiger partial charge in [0.15, 0.2) is 0 Å². The lowest BCUT2D eigenvalue weighted by Gasteiger charge is -2.31. The van der Waals surface area contributed by atoms with Gasteiger partial charge in [0, 0.05) is 25.0 Å². The number of amides is 1. The highest BCUT2D eigenvalue weighted by Crippen LogP contribution is 2.58. The van der Waals surface area contributed by atoms with Gasteiger partial charge in [0.25, 0.3) is 0 Å². The van der Waals surface area contributed by atoms with Gasteiger partial charge in [-0.2, -0.15) is 0 Å². The van der Waals surface area contributed by atoms with Gasteiger partial charge < -0.3 is 10.6 Å². The maximum atomic E-state index is 12.7. The molecule has 3 aliphatic rings. The monoisotopic (exact) mass is 369 g/mol. The third-order valence-corrected chi connectivity index (χ3v) is 7.29. The third kappa shape index (κ3) is 4.38. The molecule has 1 unspecified atom stereocenters. The van der Waals surface area contributed by atoms with E-state index in [1.807, 2.05) is 0 Å². The van der Waals surface area contributed by atoms with E-state index >= 15 is 0 Å². The molecule has 1 amide bonds. The summed E-state index contributed by atoms with van der Waals surface area (Å²) < 4.78 is 0. The Morgan fingerprint density at radius 2 is 1.85 bits per heavy atom. The van der Waals surface area contributed by atoms with Crippen LogP contribution in [0.4, 0.5) is 0 Å². The second-order valence-electron chi connectivity index (χ2n) is 9.06. The number of carbonyl (C=O) groups is 1. The highest BCUT2D eigenvalue weighted by Gasteiger charge is 2.57. The average Bonchev–Trinajstić information content (AvgIpc) is 3.41. The molecule has 1 aromatic carbocycles. The molecule has 1 saturated heterocycles. The first-order chi connectivity index (χ1) is 13.2. The molecule has 2 saturated carbocycles. The van der Waals surface area contributed by atoms with Crippen LogP contribution in [0.1, 0.15) is 62.5 Å². The molecule has 4 nitrogen and oxygen atoms in total. The molecular formula is C23H35N3O. The lowest BCUT2D eigenvalue weighted by Crippen LogP contribution is -2.34. The van der Waals surface area contributed by atoms with Crippen LogP contribution in [-0.2, 0) is 17.9 Å². The minimum absolute atomic E-state index is 0.247. The van der Waals surface area contributed by atoms with E-state index < -0.39 is 0 Å². The Bertz CT molecular complexity index is 647. The van der Waals surface area contributed by atoms with Gasteiger partial charge in [-0.05, 0) is 68.8 Å². The number of hydrogen-bond donors (Lipinski definition) is 2. The van der Waals surface area contributed by atoms with Gasteiger partial charge in [0.2, 0.25) is 5.91 Å². The molecule has 27 heavy (non-hydrogen) atoms. The molecule has 2 N–H and O–H groups in total. The predicted octanol–water partition coefficient (Wildman–Crippen LogP) is 3.46. The zero-order valence-electron chi connectivity index (χ0n) is 16.8. The number of carbonyl (C=O) groups excluding carboxylic acids is 1. The van der Waals surface area contributed by atoms with Crippen molar-refractivity contribution in [2.75, 3.05) is 20.1 Å². The van der Waals surface area contributed by atoms with Crippen LogP contribution in [0.15, 0.2) is 24.3 Å². The lowest BCUT2D eigenvalue weighted by molar-refractivity contribution is -0.123. The summed E-state index contributed by atoms with van der Waals surface area (Å²) in [6, 6.07) is 9.34. The van der Waals surface area contributed by atoms with Gasteiger partial charge in [-0.1, -0.05) is 43.5 Å². The fourth-order valence-corrected chi connectivity index (χ4v) is 5.30. The van der Waals surface area contributed by atoms with Crippen LogP contribution in [0.5, 0.6) is 0 Å². The molecule has 148 valence electrons. The van der Waals surface area contributed by atoms with Gasteiger partial charge in [-0.15, -0.1) is 0 Å². The van der Waals surface area contributed by atoms with E-state index in [4.69, 9.17) is 0 Å². The highest BCUT2D eigenvalue weighted by molar-refractivity contribution is 5.82. The van der Waals surface area contributed by atoms with E-state index in [0.717, 1.165) is 38.9 Å². The smallest absolute Gasteiger partial charge is 0.223 e. The molecule has 4 heteroatoms. The summed E-state index contributed by atoms with van der Waals surface area (Å²) in [5, 5.41) is 6.66. The fraction of sp³-hybridized carbons (Fsp3) is 0.696. The third-order valence-electron chi connectivity index (χ3n) is 7.29. The van der Waals surface area contributed by atoms with E-state index in [2.05, 4.69) is 46.8 Å². The maximum absolute atomic E-state index is 12.7. The Morgan fingerprint density at radius 3 is 2.59 bits per heavy atom. The summed E-state index contributed by atoms with van der Waals surface area (Å²) in [6.45, 7) is 3.79. The standard InChI is InChI=1S/C23H35N3O/c1-26(20-9-3-2-4-10-20)17-19-8-6-5-7-18(19)16-25-22(27)21-15-23(21)11-13-24-14-12-23/h5-8,20-21,24H,2-4,9-17H2,1H3,(H,25,27).